The first-order chi connectivity index (χ1) is 9.95. The first-order valence-electron chi connectivity index (χ1n) is 6.51. The summed E-state index contributed by atoms with van der Waals surface area (Å²) in [6.45, 7) is 5.73. The molecule has 0 atom stereocenters. The highest BCUT2D eigenvalue weighted by Crippen LogP contribution is 2.31. The number of thiophene rings is 1. The van der Waals surface area contributed by atoms with Gasteiger partial charge >= 0.3 is 0 Å². The Hall–Kier alpha value is -2.28. The van der Waals surface area contributed by atoms with Crippen molar-refractivity contribution in [1.82, 2.24) is 19.7 Å². The van der Waals surface area contributed by atoms with E-state index < -0.39 is 0 Å². The van der Waals surface area contributed by atoms with Crippen LogP contribution >= 0.6 is 11.3 Å². The molecule has 21 heavy (non-hydrogen) atoms. The van der Waals surface area contributed by atoms with E-state index in [1.54, 1.807) is 16.9 Å². The Balaban J connectivity index is 2.02. The largest absolute Gasteiger partial charge is 0.304 e. The average molecular weight is 301 g/mol. The molecule has 0 aliphatic carbocycles. The lowest BCUT2D eigenvalue weighted by molar-refractivity contribution is 0.102. The predicted molar refractivity (Wildman–Crippen MR) is 82.8 cm³/mol. The van der Waals surface area contributed by atoms with Gasteiger partial charge in [-0.25, -0.2) is 9.97 Å². The Kier molecular flexibility index (Phi) is 3.21. The summed E-state index contributed by atoms with van der Waals surface area (Å²) in [5, 5.41) is 7.93. The minimum absolute atomic E-state index is 0.161. The zero-order valence-electron chi connectivity index (χ0n) is 12.3. The Morgan fingerprint density at radius 2 is 2.05 bits per heavy atom. The van der Waals surface area contributed by atoms with Crippen LogP contribution in [0.25, 0.3) is 10.2 Å². The van der Waals surface area contributed by atoms with Crippen molar-refractivity contribution in [3.05, 3.63) is 34.2 Å². The quantitative estimate of drug-likeness (QED) is 0.789. The Bertz CT molecular complexity index is 849. The summed E-state index contributed by atoms with van der Waals surface area (Å²) in [6.07, 6.45) is 1.78. The van der Waals surface area contributed by atoms with Crippen LogP contribution in [0.15, 0.2) is 12.3 Å². The van der Waals surface area contributed by atoms with Crippen LogP contribution in [0.5, 0.6) is 0 Å². The number of carbonyl (C=O) groups is 1. The summed E-state index contributed by atoms with van der Waals surface area (Å²) in [4.78, 5) is 22.7. The van der Waals surface area contributed by atoms with Crippen molar-refractivity contribution in [2.75, 3.05) is 5.32 Å². The summed E-state index contributed by atoms with van der Waals surface area (Å²) in [5.74, 6) is 1.10. The van der Waals surface area contributed by atoms with Crippen LogP contribution < -0.4 is 5.32 Å². The number of anilines is 1. The molecule has 7 heteroatoms. The molecule has 3 aromatic rings. The number of nitrogens with zero attached hydrogens (tertiary/aromatic N) is 4. The van der Waals surface area contributed by atoms with Gasteiger partial charge in [0.2, 0.25) is 0 Å². The zero-order valence-corrected chi connectivity index (χ0v) is 13.1. The number of nitrogens with one attached hydrogen (secondary N) is 1. The molecule has 0 spiro atoms. The van der Waals surface area contributed by atoms with Crippen LogP contribution in [-0.2, 0) is 7.05 Å². The van der Waals surface area contributed by atoms with E-state index in [4.69, 9.17) is 0 Å². The van der Waals surface area contributed by atoms with Gasteiger partial charge in [0, 0.05) is 30.4 Å². The van der Waals surface area contributed by atoms with E-state index in [-0.39, 0.29) is 5.91 Å². The van der Waals surface area contributed by atoms with E-state index >= 15 is 0 Å². The van der Waals surface area contributed by atoms with Crippen LogP contribution in [0.3, 0.4) is 0 Å². The summed E-state index contributed by atoms with van der Waals surface area (Å²) < 4.78 is 1.65. The number of aromatic nitrogens is 4. The van der Waals surface area contributed by atoms with Crippen molar-refractivity contribution in [3.63, 3.8) is 0 Å². The van der Waals surface area contributed by atoms with Crippen molar-refractivity contribution in [2.24, 2.45) is 7.05 Å². The number of aryl methyl sites for hydroxylation is 4. The van der Waals surface area contributed by atoms with E-state index in [2.05, 4.69) is 20.4 Å². The lowest BCUT2D eigenvalue weighted by Gasteiger charge is -2.01. The van der Waals surface area contributed by atoms with Gasteiger partial charge < -0.3 is 5.32 Å². The van der Waals surface area contributed by atoms with E-state index in [0.717, 1.165) is 27.3 Å². The van der Waals surface area contributed by atoms with Crippen molar-refractivity contribution in [3.8, 4) is 0 Å². The molecule has 0 saturated carbocycles. The van der Waals surface area contributed by atoms with Crippen molar-refractivity contribution < 1.29 is 4.79 Å². The summed E-state index contributed by atoms with van der Waals surface area (Å²) in [6, 6.07) is 1.76. The lowest BCUT2D eigenvalue weighted by atomic mass is 10.1. The number of rotatable bonds is 2. The monoisotopic (exact) mass is 301 g/mol. The van der Waals surface area contributed by atoms with Crippen molar-refractivity contribution >= 4 is 33.3 Å². The smallest absolute Gasteiger partial charge is 0.267 e. The predicted octanol–water partition coefficient (Wildman–Crippen LogP) is 2.60. The van der Waals surface area contributed by atoms with Gasteiger partial charge in [-0.2, -0.15) is 5.10 Å². The van der Waals surface area contributed by atoms with Gasteiger partial charge in [0.05, 0.1) is 4.88 Å². The molecule has 6 nitrogen and oxygen atoms in total. The first kappa shape index (κ1) is 13.7. The van der Waals surface area contributed by atoms with E-state index in [0.29, 0.717) is 10.7 Å². The third kappa shape index (κ3) is 2.40. The van der Waals surface area contributed by atoms with E-state index in [1.165, 1.54) is 11.3 Å². The molecule has 3 heterocycles. The molecule has 1 amide bonds. The molecular weight excluding hydrogens is 286 g/mol. The Morgan fingerprint density at radius 3 is 2.71 bits per heavy atom. The van der Waals surface area contributed by atoms with E-state index in [9.17, 15) is 4.79 Å². The summed E-state index contributed by atoms with van der Waals surface area (Å²) in [7, 11) is 1.81. The van der Waals surface area contributed by atoms with Gasteiger partial charge in [0.15, 0.2) is 5.82 Å². The standard InChI is InChI=1S/C14H15N5OS/c1-7-11-8(2)15-9(3)16-14(11)21-12(7)13(20)17-10-5-6-19(4)18-10/h5-6H,1-4H3,(H,17,18,20). The normalized spacial score (nSPS) is 11.0. The third-order valence-electron chi connectivity index (χ3n) is 3.24. The van der Waals surface area contributed by atoms with Gasteiger partial charge in [-0.05, 0) is 26.3 Å². The van der Waals surface area contributed by atoms with Crippen LogP contribution in [0.2, 0.25) is 0 Å². The molecule has 1 N–H and O–H groups in total. The summed E-state index contributed by atoms with van der Waals surface area (Å²) in [5.41, 5.74) is 1.82. The van der Waals surface area contributed by atoms with Crippen LogP contribution in [-0.4, -0.2) is 25.7 Å². The highest BCUT2D eigenvalue weighted by molar-refractivity contribution is 7.20. The van der Waals surface area contributed by atoms with Crippen molar-refractivity contribution in [2.45, 2.75) is 20.8 Å². The van der Waals surface area contributed by atoms with Gasteiger partial charge in [0.1, 0.15) is 10.7 Å². The first-order valence-corrected chi connectivity index (χ1v) is 7.32. The number of carbonyl (C=O) groups excluding carboxylic acids is 1. The van der Waals surface area contributed by atoms with Crippen molar-refractivity contribution in [1.29, 1.82) is 0 Å². The maximum absolute atomic E-state index is 12.4. The second-order valence-corrected chi connectivity index (χ2v) is 5.92. The third-order valence-corrected chi connectivity index (χ3v) is 4.43. The maximum atomic E-state index is 12.4. The average Bonchev–Trinajstić information content (AvgIpc) is 2.93. The Morgan fingerprint density at radius 1 is 1.29 bits per heavy atom. The second-order valence-electron chi connectivity index (χ2n) is 4.92. The molecule has 0 aliphatic heterocycles. The van der Waals surface area contributed by atoms with Gasteiger partial charge in [-0.15, -0.1) is 11.3 Å². The van der Waals surface area contributed by atoms with Gasteiger partial charge in [-0.3, -0.25) is 9.48 Å². The molecule has 0 aliphatic rings. The number of hydrogen-bond donors (Lipinski definition) is 1. The van der Waals surface area contributed by atoms with Gasteiger partial charge in [0.25, 0.3) is 5.91 Å². The molecule has 108 valence electrons. The topological polar surface area (TPSA) is 72.7 Å². The molecular formula is C14H15N5OS. The summed E-state index contributed by atoms with van der Waals surface area (Å²) >= 11 is 1.39. The van der Waals surface area contributed by atoms with Gasteiger partial charge in [-0.1, -0.05) is 0 Å². The fraction of sp³-hybridized carbons (Fsp3) is 0.286. The Labute approximate surface area is 125 Å². The minimum atomic E-state index is -0.161. The number of hydrogen-bond acceptors (Lipinski definition) is 5. The fourth-order valence-corrected chi connectivity index (χ4v) is 3.52. The lowest BCUT2D eigenvalue weighted by Crippen LogP contribution is -2.12. The highest BCUT2D eigenvalue weighted by Gasteiger charge is 2.19. The molecule has 0 aromatic carbocycles. The van der Waals surface area contributed by atoms with Crippen LogP contribution in [0.4, 0.5) is 5.82 Å². The number of amides is 1. The molecule has 0 unspecified atom stereocenters. The highest BCUT2D eigenvalue weighted by atomic mass is 32.1. The fourth-order valence-electron chi connectivity index (χ4n) is 2.35. The second kappa shape index (κ2) is 4.92. The SMILES string of the molecule is Cc1nc(C)c2c(C)c(C(=O)Nc3ccn(C)n3)sc2n1. The minimum Gasteiger partial charge on any atom is -0.304 e. The molecule has 0 bridgehead atoms. The molecule has 3 rings (SSSR count). The number of fused-ring (bicyclic) bond motifs is 1. The molecule has 0 radical (unpaired) electrons. The van der Waals surface area contributed by atoms with E-state index in [1.807, 2.05) is 27.8 Å². The van der Waals surface area contributed by atoms with Crippen LogP contribution in [0.1, 0.15) is 26.8 Å². The molecule has 3 aromatic heterocycles. The van der Waals surface area contributed by atoms with Crippen LogP contribution in [0, 0.1) is 20.8 Å². The maximum Gasteiger partial charge on any atom is 0.267 e. The zero-order chi connectivity index (χ0) is 15.1. The molecule has 0 fully saturated rings. The molecule has 0 saturated heterocycles.